The number of hydrogen-bond acceptors (Lipinski definition) is 4. The predicted molar refractivity (Wildman–Crippen MR) is 2.06 cm³/mol. The fourth-order valence-electron chi connectivity index (χ4n) is 0. The predicted octanol–water partition coefficient (Wildman–Crippen LogP) is -1.55. The first-order valence-electron chi connectivity index (χ1n) is 0.617. The van der Waals surface area contributed by atoms with Gasteiger partial charge in [-0.15, -0.1) is 0 Å². The van der Waals surface area contributed by atoms with Crippen molar-refractivity contribution in [3.05, 3.63) is 0 Å². The molecule has 32 valence electrons. The molecule has 0 atom stereocenters. The van der Waals surface area contributed by atoms with Crippen molar-refractivity contribution in [1.82, 2.24) is 0 Å². The zero-order valence-electron chi connectivity index (χ0n) is 2.01. The molecule has 0 aromatic carbocycles. The standard InChI is InChI=1S/4O.Re/q;;;-1;/i;;;;1+0. The van der Waals surface area contributed by atoms with Crippen molar-refractivity contribution in [3.63, 3.8) is 0 Å². The Balaban J connectivity index is 4.87. The van der Waals surface area contributed by atoms with Crippen LogP contribution in [0.15, 0.2) is 0 Å². The molecule has 0 aliphatic heterocycles. The normalized spacial score (nSPS) is 11.4. The van der Waals surface area contributed by atoms with Crippen LogP contribution in [0.4, 0.5) is 0 Å². The second kappa shape index (κ2) is 1.01. The van der Waals surface area contributed by atoms with E-state index in [0.29, 0.717) is 0 Å². The summed E-state index contributed by atoms with van der Waals surface area (Å²) >= 11 is -6.11. The van der Waals surface area contributed by atoms with Crippen molar-refractivity contribution in [2.45, 2.75) is 0 Å². The fraction of sp³-hybridized carbons (Fsp3) is 0. The van der Waals surface area contributed by atoms with Crippen LogP contribution in [0.3, 0.4) is 0 Å². The van der Waals surface area contributed by atoms with Gasteiger partial charge in [0.15, 0.2) is 0 Å². The summed E-state index contributed by atoms with van der Waals surface area (Å²) in [5.41, 5.74) is 0. The third kappa shape index (κ3) is 33000. The van der Waals surface area contributed by atoms with E-state index in [4.69, 9.17) is 14.2 Å². The molecule has 0 bridgehead atoms. The summed E-state index contributed by atoms with van der Waals surface area (Å²) in [6, 6.07) is 0. The van der Waals surface area contributed by atoms with E-state index in [1.54, 1.807) is 0 Å². The Hall–Kier alpha value is 0.0223. The molecular weight excluding hydrogens is 250 g/mol. The summed E-state index contributed by atoms with van der Waals surface area (Å²) in [6.07, 6.45) is 0. The Morgan fingerprint density at radius 2 is 1.20 bits per heavy atom. The van der Waals surface area contributed by atoms with Gasteiger partial charge in [0, 0.05) is 0 Å². The van der Waals surface area contributed by atoms with Crippen molar-refractivity contribution in [1.29, 1.82) is 0 Å². The van der Waals surface area contributed by atoms with E-state index in [0.717, 1.165) is 0 Å². The van der Waals surface area contributed by atoms with Gasteiger partial charge in [-0.3, -0.25) is 0 Å². The van der Waals surface area contributed by atoms with E-state index in [1.807, 2.05) is 0 Å². The van der Waals surface area contributed by atoms with Gasteiger partial charge < -0.3 is 0 Å². The molecule has 5 heavy (non-hydrogen) atoms. The molecule has 4 nitrogen and oxygen atoms in total. The Bertz CT molecular complexity index is 125. The molecule has 0 aliphatic carbocycles. The van der Waals surface area contributed by atoms with Gasteiger partial charge in [-0.1, -0.05) is 0 Å². The van der Waals surface area contributed by atoms with E-state index < -0.39 is 15.8 Å². The zero-order chi connectivity index (χ0) is 4.50. The SMILES string of the molecule is [O]=[186Re](=[O])(=[O])[O-]. The van der Waals surface area contributed by atoms with E-state index in [1.165, 1.54) is 0 Å². The molecule has 0 heterocycles. The van der Waals surface area contributed by atoms with Crippen molar-refractivity contribution in [2.75, 3.05) is 0 Å². The topological polar surface area (TPSA) is 74.3 Å². The van der Waals surface area contributed by atoms with Gasteiger partial charge in [-0.2, -0.15) is 0 Å². The van der Waals surface area contributed by atoms with Gasteiger partial charge in [0.05, 0.1) is 0 Å². The van der Waals surface area contributed by atoms with E-state index >= 15 is 0 Å². The molecule has 0 aliphatic rings. The van der Waals surface area contributed by atoms with Gasteiger partial charge in [0.25, 0.3) is 0 Å². The van der Waals surface area contributed by atoms with E-state index in [9.17, 15) is 0 Å². The zero-order valence-corrected chi connectivity index (χ0v) is 4.73. The summed E-state index contributed by atoms with van der Waals surface area (Å²) in [5.74, 6) is 0. The molecule has 0 rings (SSSR count). The third-order valence-corrected chi connectivity index (χ3v) is 0. The summed E-state index contributed by atoms with van der Waals surface area (Å²) in [4.78, 5) is 0. The quantitative estimate of drug-likeness (QED) is 0.521. The maximum atomic E-state index is 8.64. The van der Waals surface area contributed by atoms with Gasteiger partial charge in [0.1, 0.15) is 0 Å². The molecule has 0 fully saturated rings. The summed E-state index contributed by atoms with van der Waals surface area (Å²) in [5, 5.41) is 0. The molecule has 0 saturated heterocycles. The Morgan fingerprint density at radius 1 is 1.20 bits per heavy atom. The second-order valence-corrected chi connectivity index (χ2v) is 3.09. The Labute approximate surface area is 30.8 Å². The van der Waals surface area contributed by atoms with Crippen molar-refractivity contribution >= 4 is 0 Å². The summed E-state index contributed by atoms with van der Waals surface area (Å²) in [6.45, 7) is 0. The van der Waals surface area contributed by atoms with E-state index in [-0.39, 0.29) is 0 Å². The Morgan fingerprint density at radius 3 is 1.20 bits per heavy atom. The summed E-state index contributed by atoms with van der Waals surface area (Å²) < 4.78 is 34.6. The van der Waals surface area contributed by atoms with Crippen LogP contribution in [0.5, 0.6) is 0 Å². The van der Waals surface area contributed by atoms with Crippen LogP contribution in [0.25, 0.3) is 0 Å². The van der Waals surface area contributed by atoms with Crippen LogP contribution in [-0.4, -0.2) is 0 Å². The number of rotatable bonds is 0. The molecule has 0 saturated carbocycles. The fourth-order valence-corrected chi connectivity index (χ4v) is 0. The molecule has 0 N–H and O–H groups in total. The van der Waals surface area contributed by atoms with Gasteiger partial charge in [0.2, 0.25) is 0 Å². The molecule has 0 aromatic heterocycles. The van der Waals surface area contributed by atoms with Crippen molar-refractivity contribution in [2.24, 2.45) is 0 Å². The molecular formula is O4Re-. The van der Waals surface area contributed by atoms with Crippen LogP contribution in [0, 0.1) is 0 Å². The molecule has 5 heteroatoms. The molecule has 0 unspecified atom stereocenters. The maximum absolute atomic E-state index is 8.64. The monoisotopic (exact) mass is 250 g/mol. The van der Waals surface area contributed by atoms with Gasteiger partial charge in [-0.05, 0) is 0 Å². The molecule has 0 spiro atoms. The number of hydrogen-bond donors (Lipinski definition) is 0. The van der Waals surface area contributed by atoms with Crippen LogP contribution >= 0.6 is 0 Å². The van der Waals surface area contributed by atoms with Crippen molar-refractivity contribution in [3.8, 4) is 0 Å². The summed E-state index contributed by atoms with van der Waals surface area (Å²) in [7, 11) is 0. The van der Waals surface area contributed by atoms with Crippen molar-refractivity contribution < 1.29 is 30.0 Å². The van der Waals surface area contributed by atoms with Crippen LogP contribution < -0.4 is 3.83 Å². The average Bonchev–Trinajstić information content (AvgIpc) is 0.722. The van der Waals surface area contributed by atoms with Gasteiger partial charge in [-0.25, -0.2) is 0 Å². The van der Waals surface area contributed by atoms with Crippen LogP contribution in [0.1, 0.15) is 0 Å². The molecule has 0 aromatic rings. The first-order chi connectivity index (χ1) is 2.00. The molecule has 0 amide bonds. The Kier molecular flexibility index (Phi) is 1.02. The first-order valence-corrected chi connectivity index (χ1v) is 5.05. The van der Waals surface area contributed by atoms with Crippen LogP contribution in [-0.2, 0) is 26.2 Å². The van der Waals surface area contributed by atoms with E-state index in [2.05, 4.69) is 0 Å². The third-order valence-electron chi connectivity index (χ3n) is 0. The molecule has 0 radical (unpaired) electrons. The second-order valence-electron chi connectivity index (χ2n) is 0.378. The van der Waals surface area contributed by atoms with Crippen LogP contribution in [0.2, 0.25) is 0 Å². The first kappa shape index (κ1) is 5.02. The minimum atomic E-state index is -6.11. The minimum absolute atomic E-state index is 6.11. The average molecular weight is 250 g/mol. The van der Waals surface area contributed by atoms with Gasteiger partial charge >= 0.3 is 30.0 Å².